The summed E-state index contributed by atoms with van der Waals surface area (Å²) in [7, 11) is 0. The van der Waals surface area contributed by atoms with Crippen LogP contribution in [-0.4, -0.2) is 4.98 Å². The minimum absolute atomic E-state index is 0.412. The smallest absolute Gasteiger partial charge is 0.236 e. The fourth-order valence-electron chi connectivity index (χ4n) is 1.08. The molecule has 0 aromatic carbocycles. The lowest BCUT2D eigenvalue weighted by Crippen LogP contribution is -1.95. The van der Waals surface area contributed by atoms with Gasteiger partial charge in [-0.15, -0.1) is 11.3 Å². The van der Waals surface area contributed by atoms with Crippen LogP contribution in [0.4, 0.5) is 0 Å². The first-order valence-corrected chi connectivity index (χ1v) is 5.72. The van der Waals surface area contributed by atoms with Crippen molar-refractivity contribution in [3.05, 3.63) is 27.4 Å². The highest BCUT2D eigenvalue weighted by Gasteiger charge is 2.10. The highest BCUT2D eigenvalue weighted by atomic mass is 79.9. The predicted octanol–water partition coefficient (Wildman–Crippen LogP) is 2.93. The number of nitrogens with two attached hydrogens (primary N) is 1. The Morgan fingerprint density at radius 1 is 1.64 bits per heavy atom. The maximum absolute atomic E-state index is 5.45. The van der Waals surface area contributed by atoms with Crippen LogP contribution < -0.4 is 5.73 Å². The number of nitrogens with zero attached hydrogens (tertiary/aromatic N) is 1. The van der Waals surface area contributed by atoms with Crippen molar-refractivity contribution in [1.29, 1.82) is 0 Å². The third kappa shape index (κ3) is 1.75. The number of aromatic nitrogens is 1. The monoisotopic (exact) mass is 272 g/mol. The number of hydrogen-bond acceptors (Lipinski definition) is 4. The van der Waals surface area contributed by atoms with Crippen molar-refractivity contribution in [3.63, 3.8) is 0 Å². The highest BCUT2D eigenvalue weighted by Crippen LogP contribution is 2.34. The summed E-state index contributed by atoms with van der Waals surface area (Å²) in [6.45, 7) is 2.45. The number of halogens is 1. The lowest BCUT2D eigenvalue weighted by Gasteiger charge is -1.85. The molecule has 0 saturated heterocycles. The topological polar surface area (TPSA) is 52.0 Å². The molecule has 0 spiro atoms. The molecule has 0 amide bonds. The Hall–Kier alpha value is -0.650. The highest BCUT2D eigenvalue weighted by molar-refractivity contribution is 9.11. The summed E-state index contributed by atoms with van der Waals surface area (Å²) in [6, 6.07) is 2.04. The Balaban J connectivity index is 2.39. The zero-order chi connectivity index (χ0) is 10.1. The van der Waals surface area contributed by atoms with Crippen molar-refractivity contribution in [1.82, 2.24) is 4.98 Å². The largest absolute Gasteiger partial charge is 0.444 e. The van der Waals surface area contributed by atoms with Crippen LogP contribution in [0.3, 0.4) is 0 Å². The van der Waals surface area contributed by atoms with E-state index in [0.717, 1.165) is 14.4 Å². The average Bonchev–Trinajstić information content (AvgIpc) is 2.74. The van der Waals surface area contributed by atoms with E-state index in [9.17, 15) is 0 Å². The van der Waals surface area contributed by atoms with Gasteiger partial charge >= 0.3 is 0 Å². The van der Waals surface area contributed by atoms with Crippen molar-refractivity contribution in [2.24, 2.45) is 5.73 Å². The quantitative estimate of drug-likeness (QED) is 0.915. The van der Waals surface area contributed by atoms with E-state index in [1.54, 1.807) is 17.6 Å². The Bertz CT molecular complexity index is 430. The van der Waals surface area contributed by atoms with Crippen molar-refractivity contribution >= 4 is 27.3 Å². The van der Waals surface area contributed by atoms with Gasteiger partial charge in [0, 0.05) is 6.54 Å². The normalized spacial score (nSPS) is 10.8. The van der Waals surface area contributed by atoms with Gasteiger partial charge in [-0.1, -0.05) is 0 Å². The van der Waals surface area contributed by atoms with Gasteiger partial charge in [-0.05, 0) is 34.5 Å². The molecule has 0 aliphatic heterocycles. The molecular weight excluding hydrogens is 264 g/mol. The third-order valence-corrected chi connectivity index (χ3v) is 3.95. The molecule has 2 heterocycles. The second kappa shape index (κ2) is 3.84. The van der Waals surface area contributed by atoms with E-state index in [1.807, 2.05) is 13.0 Å². The molecule has 2 N–H and O–H groups in total. The van der Waals surface area contributed by atoms with Crippen LogP contribution in [0.5, 0.6) is 0 Å². The lowest BCUT2D eigenvalue weighted by molar-refractivity contribution is 0.574. The van der Waals surface area contributed by atoms with E-state index in [1.165, 1.54) is 5.56 Å². The first-order chi connectivity index (χ1) is 6.70. The Kier molecular flexibility index (Phi) is 2.71. The minimum atomic E-state index is 0.412. The van der Waals surface area contributed by atoms with Crippen LogP contribution in [0.15, 0.2) is 20.5 Å². The number of aryl methyl sites for hydroxylation is 1. The van der Waals surface area contributed by atoms with Crippen LogP contribution in [0.2, 0.25) is 0 Å². The fraction of sp³-hybridized carbons (Fsp3) is 0.222. The molecule has 0 aliphatic carbocycles. The maximum Gasteiger partial charge on any atom is 0.236 e. The molecule has 74 valence electrons. The Labute approximate surface area is 94.1 Å². The molecule has 2 aromatic rings. The summed E-state index contributed by atoms with van der Waals surface area (Å²) in [4.78, 5) is 5.27. The molecule has 0 aliphatic rings. The van der Waals surface area contributed by atoms with Gasteiger partial charge in [0.15, 0.2) is 0 Å². The van der Waals surface area contributed by atoms with Gasteiger partial charge in [0.05, 0.1) is 14.4 Å². The van der Waals surface area contributed by atoms with E-state index < -0.39 is 0 Å². The van der Waals surface area contributed by atoms with E-state index in [4.69, 9.17) is 10.2 Å². The van der Waals surface area contributed by atoms with Crippen molar-refractivity contribution in [2.75, 3.05) is 0 Å². The first kappa shape index (κ1) is 9.89. The molecule has 0 saturated carbocycles. The summed E-state index contributed by atoms with van der Waals surface area (Å²) in [6.07, 6.45) is 1.60. The molecule has 0 radical (unpaired) electrons. The van der Waals surface area contributed by atoms with E-state index in [0.29, 0.717) is 12.4 Å². The van der Waals surface area contributed by atoms with Crippen LogP contribution in [0.25, 0.3) is 10.8 Å². The zero-order valence-corrected chi connectivity index (χ0v) is 9.98. The fourth-order valence-corrected chi connectivity index (χ4v) is 2.55. The van der Waals surface area contributed by atoms with Crippen LogP contribution >= 0.6 is 27.3 Å². The van der Waals surface area contributed by atoms with E-state index in [2.05, 4.69) is 20.9 Å². The van der Waals surface area contributed by atoms with Crippen LogP contribution in [0.1, 0.15) is 11.3 Å². The zero-order valence-electron chi connectivity index (χ0n) is 7.58. The lowest BCUT2D eigenvalue weighted by atomic mass is 10.3. The van der Waals surface area contributed by atoms with Crippen molar-refractivity contribution < 1.29 is 4.42 Å². The molecule has 0 unspecified atom stereocenters. The number of rotatable bonds is 2. The van der Waals surface area contributed by atoms with Crippen LogP contribution in [0, 0.1) is 6.92 Å². The van der Waals surface area contributed by atoms with Gasteiger partial charge in [-0.2, -0.15) is 0 Å². The molecule has 0 bridgehead atoms. The van der Waals surface area contributed by atoms with Gasteiger partial charge in [-0.25, -0.2) is 4.98 Å². The van der Waals surface area contributed by atoms with Gasteiger partial charge in [0.2, 0.25) is 5.89 Å². The predicted molar refractivity (Wildman–Crippen MR) is 60.1 cm³/mol. The van der Waals surface area contributed by atoms with Crippen molar-refractivity contribution in [2.45, 2.75) is 13.5 Å². The summed E-state index contributed by atoms with van der Waals surface area (Å²) in [5.74, 6) is 0.643. The minimum Gasteiger partial charge on any atom is -0.444 e. The summed E-state index contributed by atoms with van der Waals surface area (Å²) in [5, 5.41) is 0. The average molecular weight is 273 g/mol. The summed E-state index contributed by atoms with van der Waals surface area (Å²) < 4.78 is 6.42. The molecule has 2 rings (SSSR count). The standard InChI is InChI=1S/C9H9BrN2OS/c1-5-2-7(14-8(5)10)9-12-6(3-11)4-13-9/h2,4H,3,11H2,1H3. The van der Waals surface area contributed by atoms with Gasteiger partial charge < -0.3 is 10.2 Å². The van der Waals surface area contributed by atoms with Crippen LogP contribution in [-0.2, 0) is 6.54 Å². The first-order valence-electron chi connectivity index (χ1n) is 4.11. The second-order valence-electron chi connectivity index (χ2n) is 2.92. The molecule has 14 heavy (non-hydrogen) atoms. The van der Waals surface area contributed by atoms with Gasteiger partial charge in [0.25, 0.3) is 0 Å². The Morgan fingerprint density at radius 3 is 2.93 bits per heavy atom. The van der Waals surface area contributed by atoms with E-state index >= 15 is 0 Å². The summed E-state index contributed by atoms with van der Waals surface area (Å²) >= 11 is 5.07. The molecular formula is C9H9BrN2OS. The molecule has 2 aromatic heterocycles. The third-order valence-electron chi connectivity index (χ3n) is 1.83. The second-order valence-corrected chi connectivity index (χ2v) is 5.29. The Morgan fingerprint density at radius 2 is 2.43 bits per heavy atom. The molecule has 0 fully saturated rings. The molecule has 3 nitrogen and oxygen atoms in total. The summed E-state index contributed by atoms with van der Waals surface area (Å²) in [5.41, 5.74) is 7.42. The maximum atomic E-state index is 5.45. The number of oxazole rings is 1. The molecule has 0 atom stereocenters. The SMILES string of the molecule is Cc1cc(-c2nc(CN)co2)sc1Br. The number of thiophene rings is 1. The number of hydrogen-bond donors (Lipinski definition) is 1. The van der Waals surface area contributed by atoms with E-state index in [-0.39, 0.29) is 0 Å². The van der Waals surface area contributed by atoms with Crippen molar-refractivity contribution in [3.8, 4) is 10.8 Å². The van der Waals surface area contributed by atoms with Gasteiger partial charge in [0.1, 0.15) is 6.26 Å². The van der Waals surface area contributed by atoms with Gasteiger partial charge in [-0.3, -0.25) is 0 Å². The molecule has 5 heteroatoms.